The highest BCUT2D eigenvalue weighted by Gasteiger charge is 2.18. The van der Waals surface area contributed by atoms with Crippen molar-refractivity contribution in [3.8, 4) is 11.5 Å². The van der Waals surface area contributed by atoms with E-state index in [0.29, 0.717) is 29.4 Å². The SMILES string of the molecule is O=C(CCC1CCCC1)NNC(=O)c1ccc2c(c1)OCO2. The summed E-state index contributed by atoms with van der Waals surface area (Å²) in [5, 5.41) is 0. The van der Waals surface area contributed by atoms with Crippen molar-refractivity contribution < 1.29 is 19.1 Å². The lowest BCUT2D eigenvalue weighted by Crippen LogP contribution is -2.41. The van der Waals surface area contributed by atoms with E-state index in [1.807, 2.05) is 0 Å². The molecule has 2 amide bonds. The molecule has 0 radical (unpaired) electrons. The van der Waals surface area contributed by atoms with Gasteiger partial charge in [0.15, 0.2) is 11.5 Å². The van der Waals surface area contributed by atoms with E-state index >= 15 is 0 Å². The van der Waals surface area contributed by atoms with Gasteiger partial charge in [-0.25, -0.2) is 0 Å². The van der Waals surface area contributed by atoms with Gasteiger partial charge in [0, 0.05) is 12.0 Å². The summed E-state index contributed by atoms with van der Waals surface area (Å²) >= 11 is 0. The van der Waals surface area contributed by atoms with Crippen molar-refractivity contribution in [2.24, 2.45) is 5.92 Å². The van der Waals surface area contributed by atoms with Gasteiger partial charge >= 0.3 is 0 Å². The van der Waals surface area contributed by atoms with Gasteiger partial charge in [0.2, 0.25) is 12.7 Å². The summed E-state index contributed by atoms with van der Waals surface area (Å²) in [6, 6.07) is 4.91. The highest BCUT2D eigenvalue weighted by molar-refractivity contribution is 5.96. The van der Waals surface area contributed by atoms with Crippen LogP contribution in [0.1, 0.15) is 48.9 Å². The second-order valence-electron chi connectivity index (χ2n) is 5.76. The number of nitrogens with one attached hydrogen (secondary N) is 2. The van der Waals surface area contributed by atoms with Crippen LogP contribution in [0, 0.1) is 5.92 Å². The number of fused-ring (bicyclic) bond motifs is 1. The zero-order chi connectivity index (χ0) is 15.4. The molecule has 118 valence electrons. The molecule has 0 unspecified atom stereocenters. The van der Waals surface area contributed by atoms with E-state index in [1.54, 1.807) is 18.2 Å². The van der Waals surface area contributed by atoms with Crippen LogP contribution in [0.4, 0.5) is 0 Å². The van der Waals surface area contributed by atoms with Gasteiger partial charge in [-0.1, -0.05) is 25.7 Å². The molecule has 0 bridgehead atoms. The normalized spacial score (nSPS) is 16.5. The second kappa shape index (κ2) is 6.68. The predicted octanol–water partition coefficient (Wildman–Crippen LogP) is 2.15. The van der Waals surface area contributed by atoms with Crippen LogP contribution in [0.2, 0.25) is 0 Å². The number of hydrazine groups is 1. The van der Waals surface area contributed by atoms with E-state index in [9.17, 15) is 9.59 Å². The average Bonchev–Trinajstić information content (AvgIpc) is 3.20. The third-order valence-electron chi connectivity index (χ3n) is 4.20. The molecule has 0 spiro atoms. The Morgan fingerprint density at radius 2 is 1.86 bits per heavy atom. The molecule has 1 aromatic rings. The number of benzene rings is 1. The van der Waals surface area contributed by atoms with Crippen LogP contribution in [-0.4, -0.2) is 18.6 Å². The minimum absolute atomic E-state index is 0.152. The van der Waals surface area contributed by atoms with Gasteiger partial charge < -0.3 is 9.47 Å². The van der Waals surface area contributed by atoms with Crippen LogP contribution >= 0.6 is 0 Å². The molecule has 1 heterocycles. The van der Waals surface area contributed by atoms with Crippen LogP contribution in [0.5, 0.6) is 11.5 Å². The quantitative estimate of drug-likeness (QED) is 0.836. The fourth-order valence-corrected chi connectivity index (χ4v) is 2.93. The number of hydrogen-bond acceptors (Lipinski definition) is 4. The van der Waals surface area contributed by atoms with Crippen molar-refractivity contribution in [1.29, 1.82) is 0 Å². The summed E-state index contributed by atoms with van der Waals surface area (Å²) in [4.78, 5) is 23.7. The monoisotopic (exact) mass is 304 g/mol. The van der Waals surface area contributed by atoms with Gasteiger partial charge in [0.25, 0.3) is 5.91 Å². The topological polar surface area (TPSA) is 76.7 Å². The summed E-state index contributed by atoms with van der Waals surface area (Å²) in [7, 11) is 0. The van der Waals surface area contributed by atoms with Gasteiger partial charge in [-0.2, -0.15) is 0 Å². The lowest BCUT2D eigenvalue weighted by Gasteiger charge is -2.10. The first-order chi connectivity index (χ1) is 10.7. The van der Waals surface area contributed by atoms with E-state index in [4.69, 9.17) is 9.47 Å². The molecule has 1 fully saturated rings. The number of ether oxygens (including phenoxy) is 2. The molecule has 1 saturated carbocycles. The van der Waals surface area contributed by atoms with E-state index in [0.717, 1.165) is 6.42 Å². The third kappa shape index (κ3) is 3.50. The summed E-state index contributed by atoms with van der Waals surface area (Å²) in [6.07, 6.45) is 6.33. The molecule has 2 aliphatic rings. The second-order valence-corrected chi connectivity index (χ2v) is 5.76. The first-order valence-electron chi connectivity index (χ1n) is 7.71. The van der Waals surface area contributed by atoms with E-state index < -0.39 is 0 Å². The summed E-state index contributed by atoms with van der Waals surface area (Å²) in [5.74, 6) is 1.31. The fourth-order valence-electron chi connectivity index (χ4n) is 2.93. The molecule has 1 aromatic carbocycles. The maximum Gasteiger partial charge on any atom is 0.269 e. The van der Waals surface area contributed by atoms with Crippen molar-refractivity contribution in [2.45, 2.75) is 38.5 Å². The third-order valence-corrected chi connectivity index (χ3v) is 4.20. The van der Waals surface area contributed by atoms with Gasteiger partial charge in [-0.15, -0.1) is 0 Å². The summed E-state index contributed by atoms with van der Waals surface area (Å²) < 4.78 is 10.4. The summed E-state index contributed by atoms with van der Waals surface area (Å²) in [5.41, 5.74) is 5.31. The number of hydrogen-bond donors (Lipinski definition) is 2. The first kappa shape index (κ1) is 14.7. The van der Waals surface area contributed by atoms with Crippen LogP contribution in [0.25, 0.3) is 0 Å². The average molecular weight is 304 g/mol. The molecule has 1 aliphatic carbocycles. The Hall–Kier alpha value is -2.24. The Labute approximate surface area is 129 Å². The molecule has 6 heteroatoms. The number of rotatable bonds is 4. The number of carbonyl (C=O) groups is 2. The predicted molar refractivity (Wildman–Crippen MR) is 79.4 cm³/mol. The van der Waals surface area contributed by atoms with E-state index in [1.165, 1.54) is 25.7 Å². The first-order valence-corrected chi connectivity index (χ1v) is 7.71. The molecule has 2 N–H and O–H groups in total. The highest BCUT2D eigenvalue weighted by Crippen LogP contribution is 2.32. The van der Waals surface area contributed by atoms with Crippen LogP contribution in [-0.2, 0) is 4.79 Å². The lowest BCUT2D eigenvalue weighted by molar-refractivity contribution is -0.122. The standard InChI is InChI=1S/C16H20N2O4/c19-15(8-5-11-3-1-2-4-11)17-18-16(20)12-6-7-13-14(9-12)22-10-21-13/h6-7,9,11H,1-5,8,10H2,(H,17,19)(H,18,20). The molecule has 22 heavy (non-hydrogen) atoms. The molecular weight excluding hydrogens is 284 g/mol. The van der Waals surface area contributed by atoms with Gasteiger partial charge in [-0.3, -0.25) is 20.4 Å². The van der Waals surface area contributed by atoms with E-state index in [2.05, 4.69) is 10.9 Å². The maximum absolute atomic E-state index is 12.0. The number of amides is 2. The largest absolute Gasteiger partial charge is 0.454 e. The van der Waals surface area contributed by atoms with Crippen molar-refractivity contribution in [3.05, 3.63) is 23.8 Å². The Morgan fingerprint density at radius 1 is 1.09 bits per heavy atom. The molecule has 1 aliphatic heterocycles. The summed E-state index contributed by atoms with van der Waals surface area (Å²) in [6.45, 7) is 0.165. The van der Waals surface area contributed by atoms with Crippen LogP contribution in [0.3, 0.4) is 0 Å². The van der Waals surface area contributed by atoms with Crippen molar-refractivity contribution in [1.82, 2.24) is 10.9 Å². The Kier molecular flexibility index (Phi) is 4.46. The molecule has 6 nitrogen and oxygen atoms in total. The zero-order valence-electron chi connectivity index (χ0n) is 12.4. The number of carbonyl (C=O) groups excluding carboxylic acids is 2. The maximum atomic E-state index is 12.0. The lowest BCUT2D eigenvalue weighted by atomic mass is 10.0. The smallest absolute Gasteiger partial charge is 0.269 e. The molecular formula is C16H20N2O4. The molecule has 3 rings (SSSR count). The Bertz CT molecular complexity index is 567. The van der Waals surface area contributed by atoms with Gasteiger partial charge in [0.1, 0.15) is 0 Å². The van der Waals surface area contributed by atoms with Crippen LogP contribution < -0.4 is 20.3 Å². The minimum Gasteiger partial charge on any atom is -0.454 e. The Morgan fingerprint density at radius 3 is 2.68 bits per heavy atom. The van der Waals surface area contributed by atoms with Crippen molar-refractivity contribution in [3.63, 3.8) is 0 Å². The van der Waals surface area contributed by atoms with Crippen LogP contribution in [0.15, 0.2) is 18.2 Å². The van der Waals surface area contributed by atoms with Crippen molar-refractivity contribution in [2.75, 3.05) is 6.79 Å². The molecule has 0 atom stereocenters. The highest BCUT2D eigenvalue weighted by atomic mass is 16.7. The van der Waals surface area contributed by atoms with Gasteiger partial charge in [0.05, 0.1) is 0 Å². The van der Waals surface area contributed by atoms with Crippen molar-refractivity contribution >= 4 is 11.8 Å². The molecule has 0 aromatic heterocycles. The minimum atomic E-state index is -0.368. The van der Waals surface area contributed by atoms with Gasteiger partial charge in [-0.05, 0) is 30.5 Å². The van der Waals surface area contributed by atoms with E-state index in [-0.39, 0.29) is 18.6 Å². The fraction of sp³-hybridized carbons (Fsp3) is 0.500. The molecule has 0 saturated heterocycles. The zero-order valence-corrected chi connectivity index (χ0v) is 12.4. The Balaban J connectivity index is 1.44.